The van der Waals surface area contributed by atoms with Gasteiger partial charge in [-0.15, -0.1) is 4.80 Å². The lowest BCUT2D eigenvalue weighted by molar-refractivity contribution is -0.139. The first-order valence-electron chi connectivity index (χ1n) is 16.5. The molecular formula is C38H47Cl2N5O4. The predicted molar refractivity (Wildman–Crippen MR) is 198 cm³/mol. The molecule has 2 amide bonds. The second kappa shape index (κ2) is 14.1. The number of benzene rings is 3. The maximum atomic E-state index is 13.9. The molecular weight excluding hydrogens is 661 g/mol. The highest BCUT2D eigenvalue weighted by atomic mass is 35.5. The monoisotopic (exact) mass is 707 g/mol. The molecule has 4 aromatic rings. The molecule has 9 nitrogen and oxygen atoms in total. The molecule has 0 spiro atoms. The number of nitrogens with one attached hydrogen (secondary N) is 2. The van der Waals surface area contributed by atoms with Crippen LogP contribution in [-0.4, -0.2) is 38.7 Å². The first-order valence-corrected chi connectivity index (χ1v) is 17.3. The highest BCUT2D eigenvalue weighted by Crippen LogP contribution is 2.39. The second-order valence-electron chi connectivity index (χ2n) is 14.8. The fourth-order valence-corrected chi connectivity index (χ4v) is 5.73. The molecule has 0 aliphatic carbocycles. The van der Waals surface area contributed by atoms with Crippen LogP contribution >= 0.6 is 23.2 Å². The summed E-state index contributed by atoms with van der Waals surface area (Å²) in [5.41, 5.74) is 2.57. The zero-order valence-electron chi connectivity index (χ0n) is 30.0. The van der Waals surface area contributed by atoms with Gasteiger partial charge < -0.3 is 15.4 Å². The van der Waals surface area contributed by atoms with Crippen molar-refractivity contribution < 1.29 is 19.1 Å². The van der Waals surface area contributed by atoms with E-state index in [-0.39, 0.29) is 16.7 Å². The molecule has 0 aliphatic heterocycles. The fourth-order valence-electron chi connectivity index (χ4n) is 5.16. The van der Waals surface area contributed by atoms with Crippen LogP contribution in [0.25, 0.3) is 11.0 Å². The molecule has 0 fully saturated rings. The molecule has 2 atom stereocenters. The second-order valence-corrected chi connectivity index (χ2v) is 15.8. The van der Waals surface area contributed by atoms with Crippen molar-refractivity contribution >= 4 is 63.2 Å². The Bertz CT molecular complexity index is 1880. The van der Waals surface area contributed by atoms with Crippen LogP contribution in [0, 0.1) is 5.41 Å². The number of fused-ring (bicyclic) bond motifs is 1. The Kier molecular flexibility index (Phi) is 10.9. The molecule has 49 heavy (non-hydrogen) atoms. The number of carbonyl (C=O) groups is 3. The van der Waals surface area contributed by atoms with Crippen LogP contribution in [-0.2, 0) is 30.2 Å². The number of aromatic nitrogens is 3. The van der Waals surface area contributed by atoms with Gasteiger partial charge in [0.15, 0.2) is 11.9 Å². The van der Waals surface area contributed by atoms with E-state index in [0.717, 1.165) is 23.2 Å². The van der Waals surface area contributed by atoms with Gasteiger partial charge in [-0.3, -0.25) is 14.4 Å². The molecule has 0 saturated heterocycles. The Labute approximate surface area is 299 Å². The molecule has 1 aromatic heterocycles. The largest absolute Gasteiger partial charge is 0.481 e. The van der Waals surface area contributed by atoms with Gasteiger partial charge in [-0.25, -0.2) is 0 Å². The number of rotatable bonds is 12. The fraction of sp³-hybridized carbons (Fsp3) is 0.447. The molecule has 0 aliphatic rings. The molecule has 0 radical (unpaired) electrons. The normalized spacial score (nSPS) is 14.2. The molecule has 0 saturated carbocycles. The number of ketones is 1. The Morgan fingerprint density at radius 2 is 1.43 bits per heavy atom. The van der Waals surface area contributed by atoms with Crippen LogP contribution in [0.3, 0.4) is 0 Å². The Morgan fingerprint density at radius 3 is 2.04 bits per heavy atom. The van der Waals surface area contributed by atoms with E-state index >= 15 is 0 Å². The van der Waals surface area contributed by atoms with Crippen molar-refractivity contribution in [1.29, 1.82) is 0 Å². The molecule has 2 N–H and O–H groups in total. The van der Waals surface area contributed by atoms with Crippen molar-refractivity contribution in [2.75, 3.05) is 10.6 Å². The lowest BCUT2D eigenvalue weighted by Gasteiger charge is -2.31. The summed E-state index contributed by atoms with van der Waals surface area (Å²) in [6, 6.07) is 17.6. The number of hydrogen-bond donors (Lipinski definition) is 2. The number of nitrogens with zero attached hydrogens (tertiary/aromatic N) is 3. The van der Waals surface area contributed by atoms with Gasteiger partial charge in [0.2, 0.25) is 0 Å². The SMILES string of the molecule is CCC(C)(C)c1ccc(OC(C)C(=O)Nc2cccc(NC(=O)C(Cl)(C(=O)C(C)(C)C)n3nc4ccc(Cl)cc4n3)c2)c(C(C)(C)CC)c1. The highest BCUT2D eigenvalue weighted by Gasteiger charge is 2.52. The number of alkyl halides is 1. The van der Waals surface area contributed by atoms with Gasteiger partial charge in [-0.05, 0) is 78.6 Å². The summed E-state index contributed by atoms with van der Waals surface area (Å²) >= 11 is 13.0. The van der Waals surface area contributed by atoms with E-state index in [1.54, 1.807) is 70.2 Å². The smallest absolute Gasteiger partial charge is 0.291 e. The quantitative estimate of drug-likeness (QED) is 0.112. The van der Waals surface area contributed by atoms with E-state index in [0.29, 0.717) is 33.2 Å². The van der Waals surface area contributed by atoms with Gasteiger partial charge in [0.25, 0.3) is 16.8 Å². The number of amides is 2. The Hall–Kier alpha value is -3.95. The molecule has 262 valence electrons. The molecule has 1 heterocycles. The molecule has 11 heteroatoms. The molecule has 2 unspecified atom stereocenters. The Morgan fingerprint density at radius 1 is 0.816 bits per heavy atom. The van der Waals surface area contributed by atoms with E-state index in [2.05, 4.69) is 74.5 Å². The average Bonchev–Trinajstić information content (AvgIpc) is 3.47. The van der Waals surface area contributed by atoms with Crippen molar-refractivity contribution in [3.05, 3.63) is 76.8 Å². The summed E-state index contributed by atoms with van der Waals surface area (Å²) in [5.74, 6) is -1.18. The third kappa shape index (κ3) is 8.10. The topological polar surface area (TPSA) is 115 Å². The standard InChI is InChI=1S/C38H47Cl2N5O4/c1-11-36(7,8)24-16-19-31(28(20-24)37(9,10)12-2)49-23(3)32(46)41-26-14-13-15-27(22-26)42-34(48)38(40,33(47)35(4,5)6)45-43-29-18-17-25(39)21-30(29)44-45/h13-23H,11-12H2,1-10H3,(H,41,46)(H,42,48). The molecule has 0 bridgehead atoms. The summed E-state index contributed by atoms with van der Waals surface area (Å²) in [6.45, 7) is 19.8. The van der Waals surface area contributed by atoms with E-state index < -0.39 is 28.2 Å². The number of ether oxygens (including phenoxy) is 1. The number of halogens is 2. The van der Waals surface area contributed by atoms with Crippen LogP contribution < -0.4 is 15.4 Å². The zero-order chi connectivity index (χ0) is 36.5. The van der Waals surface area contributed by atoms with Gasteiger partial charge in [0, 0.05) is 27.4 Å². The number of hydrogen-bond acceptors (Lipinski definition) is 6. The van der Waals surface area contributed by atoms with E-state index in [4.69, 9.17) is 27.9 Å². The van der Waals surface area contributed by atoms with Gasteiger partial charge in [0.05, 0.1) is 0 Å². The van der Waals surface area contributed by atoms with Gasteiger partial charge in [0.1, 0.15) is 16.8 Å². The highest BCUT2D eigenvalue weighted by molar-refractivity contribution is 6.45. The summed E-state index contributed by atoms with van der Waals surface area (Å²) < 4.78 is 6.29. The van der Waals surface area contributed by atoms with E-state index in [1.165, 1.54) is 5.56 Å². The zero-order valence-corrected chi connectivity index (χ0v) is 31.5. The first kappa shape index (κ1) is 37.9. The summed E-state index contributed by atoms with van der Waals surface area (Å²) in [4.78, 5) is 39.5. The lowest BCUT2D eigenvalue weighted by Crippen LogP contribution is -2.52. The van der Waals surface area contributed by atoms with Crippen LogP contribution in [0.15, 0.2) is 60.7 Å². The minimum Gasteiger partial charge on any atom is -0.481 e. The van der Waals surface area contributed by atoms with Gasteiger partial charge in [-0.1, -0.05) is 104 Å². The molecule has 3 aromatic carbocycles. The van der Waals surface area contributed by atoms with Crippen molar-refractivity contribution in [1.82, 2.24) is 15.0 Å². The third-order valence-electron chi connectivity index (χ3n) is 9.22. The predicted octanol–water partition coefficient (Wildman–Crippen LogP) is 9.01. The van der Waals surface area contributed by atoms with Crippen molar-refractivity contribution in [3.63, 3.8) is 0 Å². The van der Waals surface area contributed by atoms with Gasteiger partial charge >= 0.3 is 0 Å². The number of Topliss-reactive ketones (excluding diaryl/α,β-unsaturated/α-hetero) is 1. The maximum Gasteiger partial charge on any atom is 0.291 e. The summed E-state index contributed by atoms with van der Waals surface area (Å²) in [5, 5.41) is 14.7. The van der Waals surface area contributed by atoms with Crippen molar-refractivity contribution in [2.24, 2.45) is 5.41 Å². The average molecular weight is 709 g/mol. The van der Waals surface area contributed by atoms with Crippen LogP contribution in [0.2, 0.25) is 5.02 Å². The summed E-state index contributed by atoms with van der Waals surface area (Å²) in [7, 11) is 0. The maximum absolute atomic E-state index is 13.9. The van der Waals surface area contributed by atoms with Crippen LogP contribution in [0.4, 0.5) is 11.4 Å². The van der Waals surface area contributed by atoms with Crippen molar-refractivity contribution in [2.45, 2.75) is 104 Å². The van der Waals surface area contributed by atoms with Gasteiger partial charge in [-0.2, -0.15) is 10.2 Å². The summed E-state index contributed by atoms with van der Waals surface area (Å²) in [6.07, 6.45) is 1.05. The van der Waals surface area contributed by atoms with Crippen molar-refractivity contribution in [3.8, 4) is 5.75 Å². The van der Waals surface area contributed by atoms with Crippen LogP contribution in [0.5, 0.6) is 5.75 Å². The van der Waals surface area contributed by atoms with Crippen LogP contribution in [0.1, 0.15) is 93.2 Å². The van der Waals surface area contributed by atoms with E-state index in [9.17, 15) is 14.4 Å². The third-order valence-corrected chi connectivity index (χ3v) is 9.95. The number of anilines is 2. The number of carbonyl (C=O) groups excluding carboxylic acids is 3. The Balaban J connectivity index is 1.56. The minimum atomic E-state index is -2.32. The minimum absolute atomic E-state index is 0.000986. The first-order chi connectivity index (χ1) is 22.7. The van der Waals surface area contributed by atoms with E-state index in [1.807, 2.05) is 6.07 Å². The lowest BCUT2D eigenvalue weighted by atomic mass is 9.76. The molecule has 4 rings (SSSR count).